The van der Waals surface area contributed by atoms with Gasteiger partial charge in [0.25, 0.3) is 0 Å². The summed E-state index contributed by atoms with van der Waals surface area (Å²) in [6, 6.07) is 5.90. The zero-order valence-electron chi connectivity index (χ0n) is 14.7. The van der Waals surface area contributed by atoms with Crippen LogP contribution in [0.3, 0.4) is 0 Å². The average Bonchev–Trinajstić information content (AvgIpc) is 3.09. The third-order valence-electron chi connectivity index (χ3n) is 3.93. The first-order valence-electron chi connectivity index (χ1n) is 8.38. The highest BCUT2D eigenvalue weighted by atomic mass is 19.1. The van der Waals surface area contributed by atoms with Crippen molar-refractivity contribution in [2.45, 2.75) is 12.6 Å². The number of aliphatic hydroxyl groups is 1. The molecule has 9 heteroatoms. The molecule has 2 aromatic heterocycles. The lowest BCUT2D eigenvalue weighted by Gasteiger charge is -2.19. The smallest absolute Gasteiger partial charge is 0.167 e. The van der Waals surface area contributed by atoms with Crippen LogP contribution in [0.2, 0.25) is 0 Å². The monoisotopic (exact) mass is 373 g/mol. The summed E-state index contributed by atoms with van der Waals surface area (Å²) < 4.78 is 21.0. The fourth-order valence-corrected chi connectivity index (χ4v) is 2.61. The minimum atomic E-state index is -0.448. The number of ether oxygens (including phenoxy) is 1. The number of benzene rings is 1. The Kier molecular flexibility index (Phi) is 5.94. The van der Waals surface area contributed by atoms with Crippen LogP contribution in [-0.2, 0) is 6.54 Å². The van der Waals surface area contributed by atoms with Gasteiger partial charge in [-0.25, -0.2) is 13.9 Å². The van der Waals surface area contributed by atoms with Crippen LogP contribution < -0.4 is 15.4 Å². The molecule has 8 nitrogen and oxygen atoms in total. The second kappa shape index (κ2) is 8.56. The standard InChI is InChI=1S/C18H20FN5O3/c1-20-9-15(11-26)27-16-3-2-14(19)6-12(16)7-21-17-4-5-24-18(23-17)13(10-25)8-22-24/h2-6,8,10,15,20,26H,7,9,11H2,1H3,(H,21,23). The molecular formula is C18H20FN5O3. The molecule has 0 saturated carbocycles. The Hall–Kier alpha value is -3.04. The Bertz CT molecular complexity index is 931. The Morgan fingerprint density at radius 3 is 3.00 bits per heavy atom. The fourth-order valence-electron chi connectivity index (χ4n) is 2.61. The van der Waals surface area contributed by atoms with E-state index in [1.807, 2.05) is 0 Å². The van der Waals surface area contributed by atoms with Crippen molar-refractivity contribution in [3.05, 3.63) is 53.6 Å². The van der Waals surface area contributed by atoms with Crippen molar-refractivity contribution < 1.29 is 19.0 Å². The number of hydrogen-bond donors (Lipinski definition) is 3. The number of anilines is 1. The Labute approximate surface area is 155 Å². The van der Waals surface area contributed by atoms with Gasteiger partial charge in [-0.2, -0.15) is 5.10 Å². The van der Waals surface area contributed by atoms with Gasteiger partial charge in [0.1, 0.15) is 23.5 Å². The van der Waals surface area contributed by atoms with Crippen LogP contribution in [0.4, 0.5) is 10.2 Å². The maximum absolute atomic E-state index is 13.7. The number of hydrogen-bond acceptors (Lipinski definition) is 7. The fraction of sp³-hybridized carbons (Fsp3) is 0.278. The summed E-state index contributed by atoms with van der Waals surface area (Å²) in [6.07, 6.45) is 3.36. The van der Waals surface area contributed by atoms with Gasteiger partial charge in [0.2, 0.25) is 0 Å². The molecule has 0 aliphatic rings. The number of nitrogens with one attached hydrogen (secondary N) is 2. The molecule has 0 bridgehead atoms. The van der Waals surface area contributed by atoms with Crippen LogP contribution in [0.1, 0.15) is 15.9 Å². The van der Waals surface area contributed by atoms with Gasteiger partial charge >= 0.3 is 0 Å². The van der Waals surface area contributed by atoms with Crippen LogP contribution in [0.25, 0.3) is 5.65 Å². The molecule has 3 rings (SSSR count). The van der Waals surface area contributed by atoms with Gasteiger partial charge in [-0.05, 0) is 31.3 Å². The van der Waals surface area contributed by atoms with Crippen LogP contribution >= 0.6 is 0 Å². The number of carbonyl (C=O) groups is 1. The summed E-state index contributed by atoms with van der Waals surface area (Å²) in [4.78, 5) is 15.4. The lowest BCUT2D eigenvalue weighted by molar-refractivity contribution is 0.112. The zero-order valence-corrected chi connectivity index (χ0v) is 14.7. The van der Waals surface area contributed by atoms with Crippen molar-refractivity contribution in [2.75, 3.05) is 25.5 Å². The van der Waals surface area contributed by atoms with Gasteiger partial charge in [0.05, 0.1) is 18.4 Å². The second-order valence-corrected chi connectivity index (χ2v) is 5.88. The molecule has 1 unspecified atom stereocenters. The number of rotatable bonds is 9. The van der Waals surface area contributed by atoms with Gasteiger partial charge in [-0.15, -0.1) is 0 Å². The highest BCUT2D eigenvalue weighted by Crippen LogP contribution is 2.22. The maximum atomic E-state index is 13.7. The van der Waals surface area contributed by atoms with Crippen LogP contribution in [-0.4, -0.2) is 52.3 Å². The molecule has 1 aromatic carbocycles. The predicted octanol–water partition coefficient (Wildman–Crippen LogP) is 1.25. The topological polar surface area (TPSA) is 101 Å². The van der Waals surface area contributed by atoms with E-state index in [0.29, 0.717) is 41.2 Å². The molecular weight excluding hydrogens is 353 g/mol. The molecule has 0 saturated heterocycles. The molecule has 1 atom stereocenters. The Balaban J connectivity index is 1.78. The second-order valence-electron chi connectivity index (χ2n) is 5.88. The van der Waals surface area contributed by atoms with Crippen molar-refractivity contribution in [1.82, 2.24) is 19.9 Å². The van der Waals surface area contributed by atoms with Gasteiger partial charge in [-0.1, -0.05) is 0 Å². The molecule has 3 aromatic rings. The van der Waals surface area contributed by atoms with E-state index >= 15 is 0 Å². The van der Waals surface area contributed by atoms with E-state index in [9.17, 15) is 14.3 Å². The molecule has 0 spiro atoms. The molecule has 0 amide bonds. The first kappa shape index (κ1) is 18.7. The first-order chi connectivity index (χ1) is 13.1. The van der Waals surface area contributed by atoms with Gasteiger partial charge in [0, 0.05) is 24.8 Å². The first-order valence-corrected chi connectivity index (χ1v) is 8.38. The van der Waals surface area contributed by atoms with Crippen molar-refractivity contribution in [1.29, 1.82) is 0 Å². The quantitative estimate of drug-likeness (QED) is 0.485. The van der Waals surface area contributed by atoms with Crippen LogP contribution in [0.15, 0.2) is 36.7 Å². The lowest BCUT2D eigenvalue weighted by Crippen LogP contribution is -2.32. The third-order valence-corrected chi connectivity index (χ3v) is 3.93. The predicted molar refractivity (Wildman–Crippen MR) is 97.5 cm³/mol. The minimum Gasteiger partial charge on any atom is -0.486 e. The van der Waals surface area contributed by atoms with E-state index in [2.05, 4.69) is 20.7 Å². The number of halogens is 1. The number of nitrogens with zero attached hydrogens (tertiary/aromatic N) is 3. The van der Waals surface area contributed by atoms with E-state index in [0.717, 1.165) is 0 Å². The van der Waals surface area contributed by atoms with E-state index < -0.39 is 11.9 Å². The molecule has 142 valence electrons. The highest BCUT2D eigenvalue weighted by molar-refractivity contribution is 5.83. The number of likely N-dealkylation sites (N-methyl/N-ethyl adjacent to an activating group) is 1. The van der Waals surface area contributed by atoms with Gasteiger partial charge in [0.15, 0.2) is 11.9 Å². The highest BCUT2D eigenvalue weighted by Gasteiger charge is 2.13. The van der Waals surface area contributed by atoms with Crippen molar-refractivity contribution in [2.24, 2.45) is 0 Å². The number of fused-ring (bicyclic) bond motifs is 1. The molecule has 0 aliphatic carbocycles. The van der Waals surface area contributed by atoms with Crippen molar-refractivity contribution >= 4 is 17.8 Å². The van der Waals surface area contributed by atoms with Gasteiger partial charge in [-0.3, -0.25) is 4.79 Å². The number of aldehydes is 1. The van der Waals surface area contributed by atoms with Crippen molar-refractivity contribution in [3.8, 4) is 5.75 Å². The normalized spacial score (nSPS) is 12.1. The molecule has 2 heterocycles. The lowest BCUT2D eigenvalue weighted by atomic mass is 10.2. The van der Waals surface area contributed by atoms with E-state index in [1.54, 1.807) is 19.3 Å². The number of carbonyl (C=O) groups excluding carboxylic acids is 1. The largest absolute Gasteiger partial charge is 0.486 e. The summed E-state index contributed by atoms with van der Waals surface area (Å²) in [6.45, 7) is 0.534. The van der Waals surface area contributed by atoms with E-state index in [4.69, 9.17) is 4.74 Å². The SMILES string of the molecule is CNCC(CO)Oc1ccc(F)cc1CNc1ccn2ncc(C=O)c2n1. The summed E-state index contributed by atoms with van der Waals surface area (Å²) in [5, 5.41) is 19.5. The summed E-state index contributed by atoms with van der Waals surface area (Å²) in [5.41, 5.74) is 1.39. The Morgan fingerprint density at radius 1 is 1.41 bits per heavy atom. The van der Waals surface area contributed by atoms with E-state index in [1.165, 1.54) is 28.9 Å². The Morgan fingerprint density at radius 2 is 2.26 bits per heavy atom. The minimum absolute atomic E-state index is 0.168. The van der Waals surface area contributed by atoms with Gasteiger partial charge < -0.3 is 20.5 Å². The number of aromatic nitrogens is 3. The molecule has 27 heavy (non-hydrogen) atoms. The average molecular weight is 373 g/mol. The molecule has 0 radical (unpaired) electrons. The summed E-state index contributed by atoms with van der Waals surface area (Å²) >= 11 is 0. The summed E-state index contributed by atoms with van der Waals surface area (Å²) in [5.74, 6) is 0.586. The van der Waals surface area contributed by atoms with Crippen LogP contribution in [0.5, 0.6) is 5.75 Å². The van der Waals surface area contributed by atoms with Crippen LogP contribution in [0, 0.1) is 5.82 Å². The van der Waals surface area contributed by atoms with Crippen molar-refractivity contribution in [3.63, 3.8) is 0 Å². The third kappa shape index (κ3) is 4.39. The zero-order chi connectivity index (χ0) is 19.2. The number of aliphatic hydroxyl groups excluding tert-OH is 1. The maximum Gasteiger partial charge on any atom is 0.167 e. The molecule has 3 N–H and O–H groups in total. The van der Waals surface area contributed by atoms with E-state index in [-0.39, 0.29) is 13.2 Å². The molecule has 0 fully saturated rings. The molecule has 0 aliphatic heterocycles. The summed E-state index contributed by atoms with van der Waals surface area (Å²) in [7, 11) is 1.75.